The summed E-state index contributed by atoms with van der Waals surface area (Å²) in [6, 6.07) is 7.10. The molecule has 2 amide bonds. The van der Waals surface area contributed by atoms with Gasteiger partial charge < -0.3 is 15.7 Å². The minimum Gasteiger partial charge on any atom is -0.395 e. The SMILES string of the molecule is Cc1ccc(NC(=O)C(=O)NCCO)cc1. The summed E-state index contributed by atoms with van der Waals surface area (Å²) < 4.78 is 0. The van der Waals surface area contributed by atoms with Gasteiger partial charge in [-0.25, -0.2) is 0 Å². The van der Waals surface area contributed by atoms with E-state index in [1.807, 2.05) is 19.1 Å². The molecule has 16 heavy (non-hydrogen) atoms. The molecular formula is C11H14N2O3. The monoisotopic (exact) mass is 222 g/mol. The molecule has 0 saturated heterocycles. The van der Waals surface area contributed by atoms with Crippen LogP contribution in [0.2, 0.25) is 0 Å². The highest BCUT2D eigenvalue weighted by Gasteiger charge is 2.12. The first-order valence-corrected chi connectivity index (χ1v) is 4.90. The molecule has 0 radical (unpaired) electrons. The second-order valence-corrected chi connectivity index (χ2v) is 3.30. The van der Waals surface area contributed by atoms with Crippen LogP contribution in [0.4, 0.5) is 5.69 Å². The lowest BCUT2D eigenvalue weighted by atomic mass is 10.2. The van der Waals surface area contributed by atoms with Gasteiger partial charge in [0.1, 0.15) is 0 Å². The second kappa shape index (κ2) is 5.87. The maximum Gasteiger partial charge on any atom is 0.313 e. The first-order chi connectivity index (χ1) is 7.63. The van der Waals surface area contributed by atoms with Gasteiger partial charge in [0.05, 0.1) is 6.61 Å². The lowest BCUT2D eigenvalue weighted by Crippen LogP contribution is -2.36. The van der Waals surface area contributed by atoms with Crippen LogP contribution < -0.4 is 10.6 Å². The van der Waals surface area contributed by atoms with Gasteiger partial charge >= 0.3 is 11.8 Å². The fourth-order valence-corrected chi connectivity index (χ4v) is 1.07. The molecule has 0 aliphatic carbocycles. The lowest BCUT2D eigenvalue weighted by molar-refractivity contribution is -0.136. The molecule has 1 aromatic carbocycles. The van der Waals surface area contributed by atoms with Crippen LogP contribution >= 0.6 is 0 Å². The largest absolute Gasteiger partial charge is 0.395 e. The molecule has 86 valence electrons. The molecule has 0 aliphatic heterocycles. The van der Waals surface area contributed by atoms with Gasteiger partial charge in [-0.2, -0.15) is 0 Å². The minimum absolute atomic E-state index is 0.0696. The Bertz CT molecular complexity index is 373. The van der Waals surface area contributed by atoms with Crippen molar-refractivity contribution >= 4 is 17.5 Å². The van der Waals surface area contributed by atoms with Crippen molar-refractivity contribution in [1.29, 1.82) is 0 Å². The van der Waals surface area contributed by atoms with Gasteiger partial charge in [-0.15, -0.1) is 0 Å². The number of anilines is 1. The molecule has 0 unspecified atom stereocenters. The molecular weight excluding hydrogens is 208 g/mol. The third-order valence-electron chi connectivity index (χ3n) is 1.91. The number of carbonyl (C=O) groups is 2. The molecule has 0 atom stereocenters. The van der Waals surface area contributed by atoms with Crippen molar-refractivity contribution in [3.63, 3.8) is 0 Å². The van der Waals surface area contributed by atoms with E-state index in [2.05, 4.69) is 10.6 Å². The Morgan fingerprint density at radius 1 is 1.19 bits per heavy atom. The van der Waals surface area contributed by atoms with Crippen molar-refractivity contribution in [1.82, 2.24) is 5.32 Å². The standard InChI is InChI=1S/C11H14N2O3/c1-8-2-4-9(5-3-8)13-11(16)10(15)12-6-7-14/h2-5,14H,6-7H2,1H3,(H,12,15)(H,13,16). The Labute approximate surface area is 93.5 Å². The average molecular weight is 222 g/mol. The van der Waals surface area contributed by atoms with Crippen LogP contribution in [0.1, 0.15) is 5.56 Å². The van der Waals surface area contributed by atoms with Gasteiger partial charge in [0.2, 0.25) is 0 Å². The highest BCUT2D eigenvalue weighted by atomic mass is 16.3. The molecule has 1 aromatic rings. The first kappa shape index (κ1) is 12.2. The zero-order chi connectivity index (χ0) is 12.0. The van der Waals surface area contributed by atoms with Crippen LogP contribution in [0.15, 0.2) is 24.3 Å². The van der Waals surface area contributed by atoms with Crippen LogP contribution in [-0.4, -0.2) is 30.1 Å². The van der Waals surface area contributed by atoms with E-state index in [1.165, 1.54) is 0 Å². The van der Waals surface area contributed by atoms with Gasteiger partial charge in [-0.3, -0.25) is 9.59 Å². The fraction of sp³-hybridized carbons (Fsp3) is 0.273. The van der Waals surface area contributed by atoms with Crippen LogP contribution in [0.25, 0.3) is 0 Å². The summed E-state index contributed by atoms with van der Waals surface area (Å²) in [6.07, 6.45) is 0. The summed E-state index contributed by atoms with van der Waals surface area (Å²) in [6.45, 7) is 1.81. The molecule has 0 aromatic heterocycles. The van der Waals surface area contributed by atoms with Crippen LogP contribution in [0.3, 0.4) is 0 Å². The molecule has 0 spiro atoms. The number of aliphatic hydroxyl groups is 1. The molecule has 0 aliphatic rings. The molecule has 1 rings (SSSR count). The molecule has 0 saturated carbocycles. The van der Waals surface area contributed by atoms with Gasteiger partial charge in [-0.05, 0) is 19.1 Å². The Kier molecular flexibility index (Phi) is 4.47. The van der Waals surface area contributed by atoms with E-state index in [1.54, 1.807) is 12.1 Å². The average Bonchev–Trinajstić information content (AvgIpc) is 2.29. The summed E-state index contributed by atoms with van der Waals surface area (Å²) in [5.74, 6) is -1.49. The molecule has 0 bridgehead atoms. The van der Waals surface area contributed by atoms with Gasteiger partial charge in [-0.1, -0.05) is 17.7 Å². The van der Waals surface area contributed by atoms with E-state index >= 15 is 0 Å². The highest BCUT2D eigenvalue weighted by molar-refractivity contribution is 6.39. The molecule has 0 fully saturated rings. The van der Waals surface area contributed by atoms with Crippen LogP contribution in [0, 0.1) is 6.92 Å². The molecule has 0 heterocycles. The number of hydrogen-bond donors (Lipinski definition) is 3. The van der Waals surface area contributed by atoms with Crippen molar-refractivity contribution in [2.75, 3.05) is 18.5 Å². The Hall–Kier alpha value is -1.88. The third kappa shape index (κ3) is 3.70. The second-order valence-electron chi connectivity index (χ2n) is 3.30. The number of benzene rings is 1. The smallest absolute Gasteiger partial charge is 0.313 e. The van der Waals surface area contributed by atoms with Crippen LogP contribution in [-0.2, 0) is 9.59 Å². The fourth-order valence-electron chi connectivity index (χ4n) is 1.07. The summed E-state index contributed by atoms with van der Waals surface area (Å²) in [4.78, 5) is 22.4. The third-order valence-corrected chi connectivity index (χ3v) is 1.91. The molecule has 5 heteroatoms. The predicted octanol–water partition coefficient (Wildman–Crippen LogP) is 0.0420. The van der Waals surface area contributed by atoms with Crippen molar-refractivity contribution in [3.05, 3.63) is 29.8 Å². The van der Waals surface area contributed by atoms with E-state index in [4.69, 9.17) is 5.11 Å². The zero-order valence-electron chi connectivity index (χ0n) is 8.99. The Morgan fingerprint density at radius 3 is 2.38 bits per heavy atom. The van der Waals surface area contributed by atoms with Crippen molar-refractivity contribution in [3.8, 4) is 0 Å². The number of aliphatic hydroxyl groups excluding tert-OH is 1. The highest BCUT2D eigenvalue weighted by Crippen LogP contribution is 2.07. The molecule has 5 nitrogen and oxygen atoms in total. The van der Waals surface area contributed by atoms with Gasteiger partial charge in [0.15, 0.2) is 0 Å². The first-order valence-electron chi connectivity index (χ1n) is 4.90. The van der Waals surface area contributed by atoms with Gasteiger partial charge in [0.25, 0.3) is 0 Å². The normalized spacial score (nSPS) is 9.62. The van der Waals surface area contributed by atoms with E-state index in [0.717, 1.165) is 5.56 Å². The number of hydrogen-bond acceptors (Lipinski definition) is 3. The maximum atomic E-state index is 11.3. The predicted molar refractivity (Wildman–Crippen MR) is 59.9 cm³/mol. The molecule has 3 N–H and O–H groups in total. The summed E-state index contributed by atoms with van der Waals surface area (Å²) in [7, 11) is 0. The van der Waals surface area contributed by atoms with Crippen molar-refractivity contribution in [2.45, 2.75) is 6.92 Å². The number of amides is 2. The van der Waals surface area contributed by atoms with Crippen molar-refractivity contribution in [2.24, 2.45) is 0 Å². The lowest BCUT2D eigenvalue weighted by Gasteiger charge is -2.05. The van der Waals surface area contributed by atoms with E-state index in [0.29, 0.717) is 5.69 Å². The number of nitrogens with one attached hydrogen (secondary N) is 2. The van der Waals surface area contributed by atoms with E-state index in [-0.39, 0.29) is 13.2 Å². The number of carbonyl (C=O) groups excluding carboxylic acids is 2. The maximum absolute atomic E-state index is 11.3. The Morgan fingerprint density at radius 2 is 1.81 bits per heavy atom. The number of aryl methyl sites for hydroxylation is 1. The zero-order valence-corrected chi connectivity index (χ0v) is 8.99. The van der Waals surface area contributed by atoms with Crippen molar-refractivity contribution < 1.29 is 14.7 Å². The summed E-state index contributed by atoms with van der Waals surface area (Å²) >= 11 is 0. The Balaban J connectivity index is 2.51. The summed E-state index contributed by atoms with van der Waals surface area (Å²) in [5, 5.41) is 13.2. The quantitative estimate of drug-likeness (QED) is 0.632. The minimum atomic E-state index is -0.755. The summed E-state index contributed by atoms with van der Waals surface area (Å²) in [5.41, 5.74) is 1.64. The van der Waals surface area contributed by atoms with Crippen LogP contribution in [0.5, 0.6) is 0 Å². The number of rotatable bonds is 3. The van der Waals surface area contributed by atoms with Gasteiger partial charge in [0, 0.05) is 12.2 Å². The van der Waals surface area contributed by atoms with E-state index in [9.17, 15) is 9.59 Å². The topological polar surface area (TPSA) is 78.4 Å². The van der Waals surface area contributed by atoms with E-state index < -0.39 is 11.8 Å².